The molecule has 0 unspecified atom stereocenters. The molecule has 0 fully saturated rings. The topological polar surface area (TPSA) is 94.8 Å². The van der Waals surface area contributed by atoms with E-state index in [0.717, 1.165) is 6.42 Å². The predicted octanol–water partition coefficient (Wildman–Crippen LogP) is 1.78. The molecule has 1 aromatic carbocycles. The number of hydrogen-bond donors (Lipinski definition) is 3. The molecule has 1 rings (SSSR count). The standard InChI is InChI=1S/C9H8O4.C3H8O/c1-5-6(8(10)11)3-2-4-7(5)9(12)13;1-2-3-4/h2-4H,1H3,(H,10,11)(H,12,13);4H,2-3H2,1H3. The Balaban J connectivity index is 0.000000557. The first-order chi connectivity index (χ1) is 7.95. The molecule has 0 bridgehead atoms. The number of aliphatic hydroxyl groups excluding tert-OH is 1. The van der Waals surface area contributed by atoms with Gasteiger partial charge in [-0.1, -0.05) is 13.0 Å². The van der Waals surface area contributed by atoms with E-state index < -0.39 is 11.9 Å². The number of carboxylic acid groups (broad SMARTS) is 2. The van der Waals surface area contributed by atoms with Crippen LogP contribution in [0.4, 0.5) is 0 Å². The van der Waals surface area contributed by atoms with Crippen molar-refractivity contribution < 1.29 is 24.9 Å². The molecule has 0 aliphatic carbocycles. The molecule has 0 heterocycles. The molecule has 1 aromatic rings. The smallest absolute Gasteiger partial charge is 0.335 e. The van der Waals surface area contributed by atoms with Gasteiger partial charge in [0.05, 0.1) is 11.1 Å². The van der Waals surface area contributed by atoms with Gasteiger partial charge in [-0.05, 0) is 31.0 Å². The molecule has 0 saturated heterocycles. The van der Waals surface area contributed by atoms with E-state index in [4.69, 9.17) is 15.3 Å². The zero-order chi connectivity index (χ0) is 13.4. The van der Waals surface area contributed by atoms with Crippen LogP contribution >= 0.6 is 0 Å². The van der Waals surface area contributed by atoms with Gasteiger partial charge in [0.2, 0.25) is 0 Å². The molecule has 5 heteroatoms. The van der Waals surface area contributed by atoms with E-state index >= 15 is 0 Å². The normalized spacial score (nSPS) is 9.12. The van der Waals surface area contributed by atoms with Crippen LogP contribution in [0.1, 0.15) is 39.6 Å². The Bertz CT molecular complexity index is 364. The molecular weight excluding hydrogens is 224 g/mol. The van der Waals surface area contributed by atoms with Gasteiger partial charge in [-0.2, -0.15) is 0 Å². The second-order valence-electron chi connectivity index (χ2n) is 3.31. The van der Waals surface area contributed by atoms with Crippen LogP contribution in [0.25, 0.3) is 0 Å². The van der Waals surface area contributed by atoms with Crippen LogP contribution < -0.4 is 0 Å². The number of hydrogen-bond acceptors (Lipinski definition) is 3. The summed E-state index contributed by atoms with van der Waals surface area (Å²) >= 11 is 0. The lowest BCUT2D eigenvalue weighted by Crippen LogP contribution is -2.06. The summed E-state index contributed by atoms with van der Waals surface area (Å²) in [7, 11) is 0. The average Bonchev–Trinajstić information content (AvgIpc) is 2.29. The lowest BCUT2D eigenvalue weighted by Gasteiger charge is -2.03. The second-order valence-corrected chi connectivity index (χ2v) is 3.31. The Morgan fingerprint density at radius 1 is 1.12 bits per heavy atom. The number of carbonyl (C=O) groups is 2. The number of rotatable bonds is 3. The van der Waals surface area contributed by atoms with E-state index in [-0.39, 0.29) is 16.7 Å². The highest BCUT2D eigenvalue weighted by Gasteiger charge is 2.13. The van der Waals surface area contributed by atoms with Crippen molar-refractivity contribution in [3.63, 3.8) is 0 Å². The van der Waals surface area contributed by atoms with E-state index in [9.17, 15) is 9.59 Å². The summed E-state index contributed by atoms with van der Waals surface area (Å²) in [5.41, 5.74) is 0.335. The lowest BCUT2D eigenvalue weighted by molar-refractivity contribution is 0.0696. The Labute approximate surface area is 99.3 Å². The van der Waals surface area contributed by atoms with Crippen molar-refractivity contribution in [2.75, 3.05) is 6.61 Å². The fourth-order valence-corrected chi connectivity index (χ4v) is 1.10. The molecule has 3 N–H and O–H groups in total. The van der Waals surface area contributed by atoms with Crippen molar-refractivity contribution in [3.05, 3.63) is 34.9 Å². The van der Waals surface area contributed by atoms with Crippen LogP contribution in [0.3, 0.4) is 0 Å². The van der Waals surface area contributed by atoms with Gasteiger partial charge in [0.25, 0.3) is 0 Å². The maximum absolute atomic E-state index is 10.6. The minimum atomic E-state index is -1.11. The SMILES string of the molecule is CCCO.Cc1c(C(=O)O)cccc1C(=O)O. The van der Waals surface area contributed by atoms with Crippen LogP contribution in [-0.4, -0.2) is 33.9 Å². The van der Waals surface area contributed by atoms with Gasteiger partial charge in [-0.25, -0.2) is 9.59 Å². The first kappa shape index (κ1) is 15.1. The summed E-state index contributed by atoms with van der Waals surface area (Å²) in [6.45, 7) is 3.73. The Morgan fingerprint density at radius 2 is 1.47 bits per heavy atom. The molecule has 17 heavy (non-hydrogen) atoms. The van der Waals surface area contributed by atoms with E-state index in [0.29, 0.717) is 6.61 Å². The summed E-state index contributed by atoms with van der Waals surface area (Å²) in [5.74, 6) is -2.22. The molecule has 94 valence electrons. The molecule has 0 radical (unpaired) electrons. The van der Waals surface area contributed by atoms with Crippen molar-refractivity contribution in [3.8, 4) is 0 Å². The largest absolute Gasteiger partial charge is 0.478 e. The highest BCUT2D eigenvalue weighted by atomic mass is 16.4. The summed E-state index contributed by atoms with van der Waals surface area (Å²) in [4.78, 5) is 21.2. The quantitative estimate of drug-likeness (QED) is 0.748. The van der Waals surface area contributed by atoms with Crippen LogP contribution in [0.2, 0.25) is 0 Å². The number of carboxylic acids is 2. The molecule has 0 atom stereocenters. The summed E-state index contributed by atoms with van der Waals surface area (Å²) in [6.07, 6.45) is 0.875. The highest BCUT2D eigenvalue weighted by Crippen LogP contribution is 2.13. The number of benzene rings is 1. The van der Waals surface area contributed by atoms with Crippen molar-refractivity contribution >= 4 is 11.9 Å². The van der Waals surface area contributed by atoms with Gasteiger partial charge in [0, 0.05) is 6.61 Å². The predicted molar refractivity (Wildman–Crippen MR) is 62.5 cm³/mol. The third kappa shape index (κ3) is 4.65. The minimum absolute atomic E-state index is 0.0277. The van der Waals surface area contributed by atoms with Crippen LogP contribution in [-0.2, 0) is 0 Å². The Morgan fingerprint density at radius 3 is 1.71 bits per heavy atom. The van der Waals surface area contributed by atoms with E-state index in [1.54, 1.807) is 0 Å². The lowest BCUT2D eigenvalue weighted by atomic mass is 10.0. The van der Waals surface area contributed by atoms with E-state index in [2.05, 4.69) is 0 Å². The van der Waals surface area contributed by atoms with Crippen molar-refractivity contribution in [1.29, 1.82) is 0 Å². The van der Waals surface area contributed by atoms with Crippen LogP contribution in [0.15, 0.2) is 18.2 Å². The monoisotopic (exact) mass is 240 g/mol. The summed E-state index contributed by atoms with van der Waals surface area (Å²) < 4.78 is 0. The third-order valence-corrected chi connectivity index (χ3v) is 2.02. The number of aliphatic hydroxyl groups is 1. The highest BCUT2D eigenvalue weighted by molar-refractivity contribution is 5.96. The fraction of sp³-hybridized carbons (Fsp3) is 0.333. The van der Waals surface area contributed by atoms with Crippen molar-refractivity contribution in [2.45, 2.75) is 20.3 Å². The average molecular weight is 240 g/mol. The van der Waals surface area contributed by atoms with E-state index in [1.807, 2.05) is 6.92 Å². The van der Waals surface area contributed by atoms with Gasteiger partial charge >= 0.3 is 11.9 Å². The minimum Gasteiger partial charge on any atom is -0.478 e. The zero-order valence-electron chi connectivity index (χ0n) is 9.80. The third-order valence-electron chi connectivity index (χ3n) is 2.02. The zero-order valence-corrected chi connectivity index (χ0v) is 9.80. The van der Waals surface area contributed by atoms with Gasteiger partial charge in [0.15, 0.2) is 0 Å². The van der Waals surface area contributed by atoms with Gasteiger partial charge in [0.1, 0.15) is 0 Å². The van der Waals surface area contributed by atoms with Gasteiger partial charge < -0.3 is 15.3 Å². The maximum Gasteiger partial charge on any atom is 0.335 e. The van der Waals surface area contributed by atoms with Crippen molar-refractivity contribution in [2.24, 2.45) is 0 Å². The van der Waals surface area contributed by atoms with Crippen LogP contribution in [0.5, 0.6) is 0 Å². The Hall–Kier alpha value is -1.88. The molecule has 5 nitrogen and oxygen atoms in total. The van der Waals surface area contributed by atoms with Crippen LogP contribution in [0, 0.1) is 6.92 Å². The molecule has 0 amide bonds. The van der Waals surface area contributed by atoms with E-state index in [1.165, 1.54) is 25.1 Å². The molecule has 0 saturated carbocycles. The molecule has 0 aliphatic rings. The fourth-order valence-electron chi connectivity index (χ4n) is 1.10. The maximum atomic E-state index is 10.6. The van der Waals surface area contributed by atoms with Crippen molar-refractivity contribution in [1.82, 2.24) is 0 Å². The summed E-state index contributed by atoms with van der Waals surface area (Å²) in [6, 6.07) is 4.17. The first-order valence-electron chi connectivity index (χ1n) is 5.12. The first-order valence-corrected chi connectivity index (χ1v) is 5.12. The summed E-state index contributed by atoms with van der Waals surface area (Å²) in [5, 5.41) is 25.2. The second kappa shape index (κ2) is 7.40. The van der Waals surface area contributed by atoms with Gasteiger partial charge in [-0.3, -0.25) is 0 Å². The molecule has 0 aliphatic heterocycles. The van der Waals surface area contributed by atoms with Gasteiger partial charge in [-0.15, -0.1) is 0 Å². The molecule has 0 spiro atoms. The molecular formula is C12H16O5. The number of aromatic carboxylic acids is 2. The molecule has 0 aromatic heterocycles. The Kier molecular flexibility index (Phi) is 6.58.